The number of carbonyl (C=O) groups excluding carboxylic acids is 1. The summed E-state index contributed by atoms with van der Waals surface area (Å²) in [7, 11) is 0. The molecule has 0 aliphatic rings. The molecule has 0 saturated carbocycles. The lowest BCUT2D eigenvalue weighted by Crippen LogP contribution is -2.10. The number of aromatic nitrogens is 1. The third kappa shape index (κ3) is 2.12. The molecule has 0 amide bonds. The summed E-state index contributed by atoms with van der Waals surface area (Å²) in [6.07, 6.45) is 8.40. The maximum atomic E-state index is 10.8. The van der Waals surface area contributed by atoms with Gasteiger partial charge in [-0.15, -0.1) is 6.42 Å². The number of terminal acetylenes is 1. The third-order valence-electron chi connectivity index (χ3n) is 2.72. The summed E-state index contributed by atoms with van der Waals surface area (Å²) in [5.74, 6) is 2.79. The fourth-order valence-electron chi connectivity index (χ4n) is 1.96. The lowest BCUT2D eigenvalue weighted by Gasteiger charge is -2.16. The van der Waals surface area contributed by atoms with E-state index in [4.69, 9.17) is 6.42 Å². The predicted octanol–water partition coefficient (Wildman–Crippen LogP) is 2.89. The van der Waals surface area contributed by atoms with Crippen LogP contribution in [0.5, 0.6) is 0 Å². The van der Waals surface area contributed by atoms with E-state index in [0.717, 1.165) is 36.1 Å². The van der Waals surface area contributed by atoms with Crippen molar-refractivity contribution in [2.24, 2.45) is 0 Å². The number of carbonyl (C=O) groups is 1. The minimum absolute atomic E-state index is 0.0729. The Morgan fingerprint density at radius 1 is 1.60 bits per heavy atom. The molecule has 1 rings (SSSR count). The van der Waals surface area contributed by atoms with Crippen molar-refractivity contribution in [1.29, 1.82) is 0 Å². The van der Waals surface area contributed by atoms with Crippen LogP contribution in [0.1, 0.15) is 47.6 Å². The van der Waals surface area contributed by atoms with E-state index >= 15 is 0 Å². The van der Waals surface area contributed by atoms with Crippen molar-refractivity contribution in [2.45, 2.75) is 39.7 Å². The minimum atomic E-state index is 0.0729. The second-order valence-electron chi connectivity index (χ2n) is 3.79. The second kappa shape index (κ2) is 4.84. The highest BCUT2D eigenvalue weighted by Gasteiger charge is 2.14. The number of hydrogen-bond donors (Lipinski definition) is 0. The van der Waals surface area contributed by atoms with Crippen molar-refractivity contribution in [3.63, 3.8) is 0 Å². The molecule has 1 unspecified atom stereocenters. The van der Waals surface area contributed by atoms with Gasteiger partial charge in [0.1, 0.15) is 0 Å². The zero-order chi connectivity index (χ0) is 11.4. The Labute approximate surface area is 91.3 Å². The first kappa shape index (κ1) is 11.6. The number of aldehydes is 1. The molecule has 0 radical (unpaired) electrons. The van der Waals surface area contributed by atoms with Gasteiger partial charge < -0.3 is 4.57 Å². The lowest BCUT2D eigenvalue weighted by molar-refractivity contribution is 0.112. The summed E-state index contributed by atoms with van der Waals surface area (Å²) in [5, 5.41) is 0. The Balaban J connectivity index is 3.18. The molecular formula is C13H17NO. The summed E-state index contributed by atoms with van der Waals surface area (Å²) in [5.41, 5.74) is 2.77. The van der Waals surface area contributed by atoms with Gasteiger partial charge in [0.2, 0.25) is 0 Å². The van der Waals surface area contributed by atoms with E-state index in [1.807, 2.05) is 19.9 Å². The van der Waals surface area contributed by atoms with E-state index in [-0.39, 0.29) is 6.04 Å². The molecule has 0 aliphatic heterocycles. The number of rotatable bonds is 4. The van der Waals surface area contributed by atoms with E-state index in [0.29, 0.717) is 0 Å². The smallest absolute Gasteiger partial charge is 0.151 e. The summed E-state index contributed by atoms with van der Waals surface area (Å²) in [6, 6.07) is 1.96. The number of hydrogen-bond acceptors (Lipinski definition) is 1. The monoisotopic (exact) mass is 203 g/mol. The van der Waals surface area contributed by atoms with Crippen LogP contribution in [-0.4, -0.2) is 10.9 Å². The molecule has 15 heavy (non-hydrogen) atoms. The number of aryl methyl sites for hydroxylation is 1. The average molecular weight is 203 g/mol. The van der Waals surface area contributed by atoms with Crippen LogP contribution < -0.4 is 0 Å². The first-order valence-electron chi connectivity index (χ1n) is 5.25. The minimum Gasteiger partial charge on any atom is -0.334 e. The molecule has 0 N–H and O–H groups in total. The maximum absolute atomic E-state index is 10.8. The summed E-state index contributed by atoms with van der Waals surface area (Å²) < 4.78 is 2.08. The van der Waals surface area contributed by atoms with E-state index < -0.39 is 0 Å². The van der Waals surface area contributed by atoms with Crippen molar-refractivity contribution in [1.82, 2.24) is 4.57 Å². The van der Waals surface area contributed by atoms with Crippen molar-refractivity contribution in [3.8, 4) is 12.3 Å². The lowest BCUT2D eigenvalue weighted by atomic mass is 10.1. The van der Waals surface area contributed by atoms with Crippen molar-refractivity contribution in [3.05, 3.63) is 23.0 Å². The first-order valence-corrected chi connectivity index (χ1v) is 5.25. The van der Waals surface area contributed by atoms with Gasteiger partial charge >= 0.3 is 0 Å². The van der Waals surface area contributed by atoms with Crippen LogP contribution in [0.4, 0.5) is 0 Å². The van der Waals surface area contributed by atoms with Gasteiger partial charge in [-0.25, -0.2) is 0 Å². The maximum Gasteiger partial charge on any atom is 0.151 e. The van der Waals surface area contributed by atoms with E-state index in [9.17, 15) is 4.79 Å². The highest BCUT2D eigenvalue weighted by molar-refractivity contribution is 5.77. The van der Waals surface area contributed by atoms with Crippen LogP contribution >= 0.6 is 0 Å². The Kier molecular flexibility index (Phi) is 3.74. The van der Waals surface area contributed by atoms with Gasteiger partial charge in [-0.2, -0.15) is 0 Å². The highest BCUT2D eigenvalue weighted by Crippen LogP contribution is 2.22. The molecule has 0 aliphatic carbocycles. The molecule has 0 fully saturated rings. The molecule has 1 atom stereocenters. The predicted molar refractivity (Wildman–Crippen MR) is 62.1 cm³/mol. The SMILES string of the molecule is C#CC(CCC)n1c(C)cc(C=O)c1C. The zero-order valence-electron chi connectivity index (χ0n) is 9.58. The van der Waals surface area contributed by atoms with Gasteiger partial charge in [-0.3, -0.25) is 4.79 Å². The van der Waals surface area contributed by atoms with Crippen LogP contribution in [0, 0.1) is 26.2 Å². The van der Waals surface area contributed by atoms with Crippen LogP contribution in [-0.2, 0) is 0 Å². The zero-order valence-corrected chi connectivity index (χ0v) is 9.58. The molecule has 1 aromatic heterocycles. The standard InChI is InChI=1S/C13H17NO/c1-5-7-13(6-2)14-10(3)8-12(9-15)11(14)4/h2,8-9,13H,5,7H2,1,3-4H3. The molecule has 2 heteroatoms. The molecule has 2 nitrogen and oxygen atoms in total. The fraction of sp³-hybridized carbons (Fsp3) is 0.462. The Morgan fingerprint density at radius 2 is 2.27 bits per heavy atom. The molecule has 80 valence electrons. The molecule has 0 spiro atoms. The molecule has 1 aromatic rings. The number of nitrogens with zero attached hydrogens (tertiary/aromatic N) is 1. The fourth-order valence-corrected chi connectivity index (χ4v) is 1.96. The topological polar surface area (TPSA) is 22.0 Å². The molecule has 0 saturated heterocycles. The molecule has 1 heterocycles. The van der Waals surface area contributed by atoms with Crippen LogP contribution in [0.3, 0.4) is 0 Å². The Bertz CT molecular complexity index is 395. The summed E-state index contributed by atoms with van der Waals surface area (Å²) in [6.45, 7) is 6.04. The quantitative estimate of drug-likeness (QED) is 0.544. The van der Waals surface area contributed by atoms with Crippen LogP contribution in [0.2, 0.25) is 0 Å². The molecule has 0 bridgehead atoms. The van der Waals surface area contributed by atoms with Crippen molar-refractivity contribution >= 4 is 6.29 Å². The summed E-state index contributed by atoms with van der Waals surface area (Å²) >= 11 is 0. The van der Waals surface area contributed by atoms with Crippen molar-refractivity contribution in [2.75, 3.05) is 0 Å². The van der Waals surface area contributed by atoms with E-state index in [2.05, 4.69) is 17.4 Å². The molecular weight excluding hydrogens is 186 g/mol. The van der Waals surface area contributed by atoms with Gasteiger partial charge in [0.05, 0.1) is 6.04 Å². The van der Waals surface area contributed by atoms with E-state index in [1.54, 1.807) is 0 Å². The Hall–Kier alpha value is -1.49. The van der Waals surface area contributed by atoms with Gasteiger partial charge in [0.15, 0.2) is 6.29 Å². The normalized spacial score (nSPS) is 12.1. The Morgan fingerprint density at radius 3 is 2.67 bits per heavy atom. The van der Waals surface area contributed by atoms with Gasteiger partial charge in [-0.1, -0.05) is 19.3 Å². The molecule has 0 aromatic carbocycles. The first-order chi connectivity index (χ1) is 7.15. The summed E-state index contributed by atoms with van der Waals surface area (Å²) in [4.78, 5) is 10.8. The van der Waals surface area contributed by atoms with Gasteiger partial charge in [-0.05, 0) is 26.3 Å². The van der Waals surface area contributed by atoms with Crippen LogP contribution in [0.15, 0.2) is 6.07 Å². The van der Waals surface area contributed by atoms with Gasteiger partial charge in [0, 0.05) is 17.0 Å². The van der Waals surface area contributed by atoms with Crippen LogP contribution in [0.25, 0.3) is 0 Å². The third-order valence-corrected chi connectivity index (χ3v) is 2.72. The average Bonchev–Trinajstić information content (AvgIpc) is 2.51. The van der Waals surface area contributed by atoms with Gasteiger partial charge in [0.25, 0.3) is 0 Å². The van der Waals surface area contributed by atoms with E-state index in [1.165, 1.54) is 0 Å². The highest BCUT2D eigenvalue weighted by atomic mass is 16.1. The van der Waals surface area contributed by atoms with Crippen molar-refractivity contribution < 1.29 is 4.79 Å². The second-order valence-corrected chi connectivity index (χ2v) is 3.79. The largest absolute Gasteiger partial charge is 0.334 e.